The van der Waals surface area contributed by atoms with E-state index in [0.717, 1.165) is 0 Å². The molecule has 11 aromatic carbocycles. The van der Waals surface area contributed by atoms with Crippen LogP contribution < -0.4 is 26.2 Å². The van der Waals surface area contributed by atoms with Crippen molar-refractivity contribution in [1.82, 2.24) is 0 Å². The number of anilines is 6. The van der Waals surface area contributed by atoms with E-state index in [1.54, 1.807) is 0 Å². The average Bonchev–Trinajstić information content (AvgIpc) is 3.74. The second kappa shape index (κ2) is 14.1. The lowest BCUT2D eigenvalue weighted by molar-refractivity contribution is 0.590. The molecule has 3 heterocycles. The van der Waals surface area contributed by atoms with Crippen molar-refractivity contribution < 1.29 is 0 Å². The predicted octanol–water partition coefficient (Wildman–Crippen LogP) is 16.5. The van der Waals surface area contributed by atoms with Gasteiger partial charge in [-0.2, -0.15) is 0 Å². The monoisotopic (exact) mass is 888 g/mol. The number of hydrogen-bond donors (Lipinski definition) is 0. The van der Waals surface area contributed by atoms with Gasteiger partial charge in [-0.15, -0.1) is 11.3 Å². The fourth-order valence-electron chi connectivity index (χ4n) is 12.1. The zero-order valence-corrected chi connectivity index (χ0v) is 40.1. The van der Waals surface area contributed by atoms with Crippen LogP contribution in [0.25, 0.3) is 74.7 Å². The molecule has 2 aliphatic heterocycles. The molecule has 0 atom stereocenters. The van der Waals surface area contributed by atoms with Crippen LogP contribution in [0.4, 0.5) is 33.4 Å². The summed E-state index contributed by atoms with van der Waals surface area (Å²) in [6, 6.07) is 71.8. The molecule has 0 N–H and O–H groups in total. The van der Waals surface area contributed by atoms with E-state index in [2.05, 4.69) is 239 Å². The van der Waals surface area contributed by atoms with Gasteiger partial charge >= 0.3 is 0 Å². The highest BCUT2D eigenvalue weighted by Crippen LogP contribution is 2.52. The minimum absolute atomic E-state index is 0.00255. The van der Waals surface area contributed by atoms with Gasteiger partial charge in [0.15, 0.2) is 0 Å². The Morgan fingerprint density at radius 2 is 0.824 bits per heavy atom. The molecule has 0 radical (unpaired) electrons. The molecule has 0 aliphatic carbocycles. The second-order valence-electron chi connectivity index (χ2n) is 21.2. The Kier molecular flexibility index (Phi) is 8.23. The van der Waals surface area contributed by atoms with E-state index in [0.29, 0.717) is 0 Å². The van der Waals surface area contributed by atoms with Gasteiger partial charge < -0.3 is 9.80 Å². The SMILES string of the molecule is CC(C)(C)c1ccc2c(c1)B1c3c(cccc3N(c3cccc4c5ccccc5c5ccccc5c34)c3sc4ccc(C(C)(C)C)cc4c31)N2c1ccc2c3ccccc3c3ccccc3c2c1. The van der Waals surface area contributed by atoms with Crippen molar-refractivity contribution in [3.05, 3.63) is 199 Å². The summed E-state index contributed by atoms with van der Waals surface area (Å²) in [6.45, 7) is 14.1. The summed E-state index contributed by atoms with van der Waals surface area (Å²) < 4.78 is 1.32. The Morgan fingerprint density at radius 1 is 0.353 bits per heavy atom. The molecule has 68 heavy (non-hydrogen) atoms. The first-order valence-corrected chi connectivity index (χ1v) is 24.9. The van der Waals surface area contributed by atoms with Crippen LogP contribution in [0.15, 0.2) is 188 Å². The topological polar surface area (TPSA) is 6.48 Å². The van der Waals surface area contributed by atoms with E-state index in [-0.39, 0.29) is 17.5 Å². The van der Waals surface area contributed by atoms with Gasteiger partial charge in [0.25, 0.3) is 6.71 Å². The largest absolute Gasteiger partial charge is 0.311 e. The Bertz CT molecular complexity index is 4070. The number of fused-ring (bicyclic) bond motifs is 18. The lowest BCUT2D eigenvalue weighted by Gasteiger charge is -2.43. The van der Waals surface area contributed by atoms with Crippen molar-refractivity contribution in [2.24, 2.45) is 0 Å². The molecule has 0 saturated carbocycles. The highest BCUT2D eigenvalue weighted by Gasteiger charge is 2.46. The number of nitrogens with zero attached hydrogens (tertiary/aromatic N) is 2. The first-order chi connectivity index (χ1) is 33.0. The Balaban J connectivity index is 1.12. The fourth-order valence-corrected chi connectivity index (χ4v) is 13.3. The zero-order chi connectivity index (χ0) is 45.8. The molecule has 2 nitrogen and oxygen atoms in total. The maximum absolute atomic E-state index is 2.66. The maximum Gasteiger partial charge on any atom is 0.254 e. The third-order valence-electron chi connectivity index (χ3n) is 15.3. The van der Waals surface area contributed by atoms with Crippen molar-refractivity contribution in [2.75, 3.05) is 9.80 Å². The van der Waals surface area contributed by atoms with E-state index in [4.69, 9.17) is 0 Å². The van der Waals surface area contributed by atoms with Crippen LogP contribution in [0, 0.1) is 0 Å². The van der Waals surface area contributed by atoms with Crippen LogP contribution in [0.1, 0.15) is 52.7 Å². The lowest BCUT2D eigenvalue weighted by atomic mass is 9.33. The molecule has 0 spiro atoms. The van der Waals surface area contributed by atoms with Gasteiger partial charge in [0, 0.05) is 32.8 Å². The van der Waals surface area contributed by atoms with Gasteiger partial charge in [0.1, 0.15) is 0 Å². The molecule has 0 bridgehead atoms. The number of benzene rings is 11. The highest BCUT2D eigenvalue weighted by atomic mass is 32.1. The average molecular weight is 889 g/mol. The molecular weight excluding hydrogens is 840 g/mol. The van der Waals surface area contributed by atoms with Crippen molar-refractivity contribution in [3.8, 4) is 0 Å². The standard InChI is InChI=1S/C64H49BN2S/c1-63(2,3)38-30-34-58-52(35-38)60-62(68-58)67(55-26-15-25-50-46-21-11-9-20-44(46)45-22-13-14-24-49(45)59(50)55)57-28-16-27-56-61(57)65(60)53-36-39(64(4,5)6)29-33-54(53)66(56)40-31-32-48-43-19-8-7-17-41(43)42-18-10-12-23-47(42)51(48)37-40/h7-37H,1-6H3. The molecular formula is C64H49BN2S. The minimum atomic E-state index is -0.0466. The molecule has 14 rings (SSSR count). The predicted molar refractivity (Wildman–Crippen MR) is 298 cm³/mol. The molecule has 1 aromatic heterocycles. The summed E-state index contributed by atoms with van der Waals surface area (Å²) >= 11 is 1.95. The highest BCUT2D eigenvalue weighted by molar-refractivity contribution is 7.26. The summed E-state index contributed by atoms with van der Waals surface area (Å²) in [6.07, 6.45) is 0. The molecule has 0 unspecified atom stereocenters. The van der Waals surface area contributed by atoms with Crippen molar-refractivity contribution in [1.29, 1.82) is 0 Å². The van der Waals surface area contributed by atoms with Gasteiger partial charge in [-0.3, -0.25) is 0 Å². The zero-order valence-electron chi connectivity index (χ0n) is 39.3. The third kappa shape index (κ3) is 5.53. The lowest BCUT2D eigenvalue weighted by Crippen LogP contribution is -2.61. The summed E-state index contributed by atoms with van der Waals surface area (Å²) in [4.78, 5) is 5.25. The van der Waals surface area contributed by atoms with Crippen molar-refractivity contribution in [2.45, 2.75) is 52.4 Å². The first kappa shape index (κ1) is 39.7. The molecule has 0 fully saturated rings. The van der Waals surface area contributed by atoms with E-state index in [1.807, 2.05) is 11.3 Å². The minimum Gasteiger partial charge on any atom is -0.311 e. The molecule has 12 aromatic rings. The molecule has 324 valence electrons. The van der Waals surface area contributed by atoms with E-state index in [9.17, 15) is 0 Å². The van der Waals surface area contributed by atoms with E-state index < -0.39 is 0 Å². The quantitative estimate of drug-likeness (QED) is 0.126. The molecule has 0 amide bonds. The molecule has 0 saturated heterocycles. The van der Waals surface area contributed by atoms with Gasteiger partial charge in [-0.1, -0.05) is 187 Å². The summed E-state index contributed by atoms with van der Waals surface area (Å²) in [5, 5.41) is 18.1. The van der Waals surface area contributed by atoms with Crippen LogP contribution in [0.3, 0.4) is 0 Å². The number of thiophene rings is 1. The van der Waals surface area contributed by atoms with E-state index in [1.165, 1.54) is 136 Å². The summed E-state index contributed by atoms with van der Waals surface area (Å²) in [5.41, 5.74) is 12.8. The van der Waals surface area contributed by atoms with Gasteiger partial charge in [0.05, 0.1) is 10.7 Å². The number of rotatable bonds is 2. The Morgan fingerprint density at radius 3 is 1.43 bits per heavy atom. The van der Waals surface area contributed by atoms with Crippen LogP contribution >= 0.6 is 11.3 Å². The van der Waals surface area contributed by atoms with Crippen LogP contribution in [0.2, 0.25) is 0 Å². The molecule has 4 heteroatoms. The second-order valence-corrected chi connectivity index (χ2v) is 22.3. The third-order valence-corrected chi connectivity index (χ3v) is 16.5. The molecule has 2 aliphatic rings. The Hall–Kier alpha value is -7.40. The summed E-state index contributed by atoms with van der Waals surface area (Å²) in [7, 11) is 0. The smallest absolute Gasteiger partial charge is 0.254 e. The van der Waals surface area contributed by atoms with Gasteiger partial charge in [-0.25, -0.2) is 0 Å². The number of hydrogen-bond acceptors (Lipinski definition) is 3. The van der Waals surface area contributed by atoms with Gasteiger partial charge in [0.2, 0.25) is 0 Å². The fraction of sp³-hybridized carbons (Fsp3) is 0.125. The van der Waals surface area contributed by atoms with Crippen molar-refractivity contribution in [3.63, 3.8) is 0 Å². The van der Waals surface area contributed by atoms with Crippen LogP contribution in [-0.2, 0) is 10.8 Å². The maximum atomic E-state index is 2.66. The summed E-state index contributed by atoms with van der Waals surface area (Å²) in [5.74, 6) is 0. The normalized spacial score (nSPS) is 13.6. The Labute approximate surface area is 401 Å². The first-order valence-electron chi connectivity index (χ1n) is 24.1. The van der Waals surface area contributed by atoms with Crippen LogP contribution in [0.5, 0.6) is 0 Å². The van der Waals surface area contributed by atoms with Crippen LogP contribution in [-0.4, -0.2) is 6.71 Å². The van der Waals surface area contributed by atoms with E-state index >= 15 is 0 Å². The van der Waals surface area contributed by atoms with Gasteiger partial charge in [-0.05, 0) is 145 Å². The van der Waals surface area contributed by atoms with Crippen molar-refractivity contribution >= 4 is 143 Å².